The van der Waals surface area contributed by atoms with Crippen molar-refractivity contribution in [1.29, 1.82) is 0 Å². The number of carbonyl (C=O) groups is 1. The third-order valence-electron chi connectivity index (χ3n) is 4.00. The number of carbonyl (C=O) groups excluding carboxylic acids is 1. The smallest absolute Gasteiger partial charge is 0.230 e. The molecule has 2 aromatic rings. The van der Waals surface area contributed by atoms with Crippen LogP contribution in [-0.4, -0.2) is 17.6 Å². The summed E-state index contributed by atoms with van der Waals surface area (Å²) >= 11 is 0. The molecule has 0 saturated heterocycles. The lowest BCUT2D eigenvalue weighted by Gasteiger charge is -2.25. The van der Waals surface area contributed by atoms with Crippen molar-refractivity contribution in [2.75, 3.05) is 6.54 Å². The summed E-state index contributed by atoms with van der Waals surface area (Å²) in [6.07, 6.45) is -0.226. The molecule has 0 saturated carbocycles. The second kappa shape index (κ2) is 7.38. The highest BCUT2D eigenvalue weighted by molar-refractivity contribution is 5.87. The first-order chi connectivity index (χ1) is 10.9. The number of rotatable bonds is 6. The van der Waals surface area contributed by atoms with Gasteiger partial charge in [0.2, 0.25) is 5.91 Å². The average molecular weight is 315 g/mol. The van der Waals surface area contributed by atoms with Crippen LogP contribution >= 0.6 is 0 Å². The summed E-state index contributed by atoms with van der Waals surface area (Å²) in [5.74, 6) is -0.653. The van der Waals surface area contributed by atoms with E-state index in [4.69, 9.17) is 0 Å². The summed E-state index contributed by atoms with van der Waals surface area (Å²) in [6.45, 7) is 3.70. The quantitative estimate of drug-likeness (QED) is 0.859. The minimum absolute atomic E-state index is 0.261. The van der Waals surface area contributed by atoms with Gasteiger partial charge in [-0.25, -0.2) is 4.39 Å². The number of benzene rings is 2. The molecular weight excluding hydrogens is 293 g/mol. The van der Waals surface area contributed by atoms with E-state index in [-0.39, 0.29) is 5.91 Å². The molecular formula is C19H22FNO2. The Kier molecular flexibility index (Phi) is 5.50. The van der Waals surface area contributed by atoms with Crippen LogP contribution < -0.4 is 5.32 Å². The number of halogens is 1. The van der Waals surface area contributed by atoms with Gasteiger partial charge in [-0.3, -0.25) is 4.79 Å². The van der Waals surface area contributed by atoms with Gasteiger partial charge >= 0.3 is 0 Å². The summed E-state index contributed by atoms with van der Waals surface area (Å²) in [4.78, 5) is 12.4. The van der Waals surface area contributed by atoms with Crippen molar-refractivity contribution >= 4 is 5.91 Å². The van der Waals surface area contributed by atoms with E-state index in [0.717, 1.165) is 5.56 Å². The van der Waals surface area contributed by atoms with Crippen molar-refractivity contribution in [2.45, 2.75) is 31.8 Å². The fourth-order valence-electron chi connectivity index (χ4n) is 2.48. The van der Waals surface area contributed by atoms with E-state index in [1.54, 1.807) is 32.0 Å². The number of amides is 1. The van der Waals surface area contributed by atoms with Gasteiger partial charge < -0.3 is 10.4 Å². The fraction of sp³-hybridized carbons (Fsp3) is 0.316. The molecule has 1 amide bonds. The Morgan fingerprint density at radius 1 is 1.13 bits per heavy atom. The molecule has 0 aliphatic rings. The van der Waals surface area contributed by atoms with E-state index in [1.807, 2.05) is 30.3 Å². The van der Waals surface area contributed by atoms with E-state index in [9.17, 15) is 14.3 Å². The van der Waals surface area contributed by atoms with Gasteiger partial charge in [-0.1, -0.05) is 48.5 Å². The van der Waals surface area contributed by atoms with Gasteiger partial charge in [0.25, 0.3) is 0 Å². The summed E-state index contributed by atoms with van der Waals surface area (Å²) in [5, 5.41) is 12.9. The molecule has 1 unspecified atom stereocenters. The maximum absolute atomic E-state index is 13.9. The molecule has 23 heavy (non-hydrogen) atoms. The molecule has 0 bridgehead atoms. The zero-order valence-electron chi connectivity index (χ0n) is 13.4. The van der Waals surface area contributed by atoms with Gasteiger partial charge in [-0.2, -0.15) is 0 Å². The van der Waals surface area contributed by atoms with Gasteiger partial charge in [-0.05, 0) is 31.9 Å². The van der Waals surface area contributed by atoms with Crippen LogP contribution in [0, 0.1) is 5.82 Å². The minimum atomic E-state index is -0.969. The van der Waals surface area contributed by atoms with Crippen molar-refractivity contribution < 1.29 is 14.3 Å². The number of hydrogen-bond acceptors (Lipinski definition) is 2. The number of nitrogens with one attached hydrogen (secondary N) is 1. The van der Waals surface area contributed by atoms with Crippen molar-refractivity contribution in [3.63, 3.8) is 0 Å². The predicted octanol–water partition coefficient (Wildman–Crippen LogP) is 3.34. The Hall–Kier alpha value is -2.20. The number of hydrogen-bond donors (Lipinski definition) is 2. The zero-order chi connectivity index (χ0) is 16.9. The fourth-order valence-corrected chi connectivity index (χ4v) is 2.48. The standard InChI is InChI=1S/C19H22FNO2/c1-19(2,15-10-6-7-11-16(15)20)18(23)21-13-12-17(22)14-8-4-3-5-9-14/h3-11,17,22H,12-13H2,1-2H3,(H,21,23). The summed E-state index contributed by atoms with van der Waals surface area (Å²) in [6, 6.07) is 15.6. The topological polar surface area (TPSA) is 49.3 Å². The number of aliphatic hydroxyl groups excluding tert-OH is 1. The second-order valence-electron chi connectivity index (χ2n) is 6.08. The summed E-state index contributed by atoms with van der Waals surface area (Å²) < 4.78 is 13.9. The van der Waals surface area contributed by atoms with Gasteiger partial charge in [0, 0.05) is 12.1 Å². The molecule has 2 N–H and O–H groups in total. The van der Waals surface area contributed by atoms with E-state index >= 15 is 0 Å². The average Bonchev–Trinajstić information content (AvgIpc) is 2.55. The minimum Gasteiger partial charge on any atom is -0.388 e. The molecule has 0 radical (unpaired) electrons. The summed E-state index contributed by atoms with van der Waals surface area (Å²) in [5.41, 5.74) is 0.208. The Bertz CT molecular complexity index is 655. The van der Waals surface area contributed by atoms with Gasteiger partial charge in [0.15, 0.2) is 0 Å². The van der Waals surface area contributed by atoms with E-state index in [1.165, 1.54) is 6.07 Å². The molecule has 0 aromatic heterocycles. The highest BCUT2D eigenvalue weighted by Gasteiger charge is 2.31. The lowest BCUT2D eigenvalue weighted by Crippen LogP contribution is -2.41. The molecule has 3 nitrogen and oxygen atoms in total. The number of aliphatic hydroxyl groups is 1. The molecule has 0 heterocycles. The highest BCUT2D eigenvalue weighted by Crippen LogP contribution is 2.26. The van der Waals surface area contributed by atoms with Crippen LogP contribution in [0.25, 0.3) is 0 Å². The van der Waals surface area contributed by atoms with E-state index < -0.39 is 17.3 Å². The Morgan fingerprint density at radius 2 is 1.74 bits per heavy atom. The highest BCUT2D eigenvalue weighted by atomic mass is 19.1. The lowest BCUT2D eigenvalue weighted by molar-refractivity contribution is -0.125. The van der Waals surface area contributed by atoms with Crippen LogP contribution in [0.4, 0.5) is 4.39 Å². The summed E-state index contributed by atoms with van der Waals surface area (Å²) in [7, 11) is 0. The zero-order valence-corrected chi connectivity index (χ0v) is 13.4. The third kappa shape index (κ3) is 4.17. The SMILES string of the molecule is CC(C)(C(=O)NCCC(O)c1ccccc1)c1ccccc1F. The normalized spacial score (nSPS) is 12.7. The van der Waals surface area contributed by atoms with E-state index in [2.05, 4.69) is 5.32 Å². The van der Waals surface area contributed by atoms with Crippen LogP contribution in [-0.2, 0) is 10.2 Å². The van der Waals surface area contributed by atoms with Crippen LogP contribution in [0.2, 0.25) is 0 Å². The first-order valence-electron chi connectivity index (χ1n) is 7.69. The molecule has 122 valence electrons. The predicted molar refractivity (Wildman–Crippen MR) is 88.5 cm³/mol. The second-order valence-corrected chi connectivity index (χ2v) is 6.08. The largest absolute Gasteiger partial charge is 0.388 e. The molecule has 1 atom stereocenters. The van der Waals surface area contributed by atoms with Crippen LogP contribution in [0.15, 0.2) is 54.6 Å². The van der Waals surface area contributed by atoms with Crippen LogP contribution in [0.1, 0.15) is 37.5 Å². The first kappa shape index (κ1) is 17.2. The maximum Gasteiger partial charge on any atom is 0.230 e. The molecule has 0 fully saturated rings. The Labute approximate surface area is 136 Å². The monoisotopic (exact) mass is 315 g/mol. The van der Waals surface area contributed by atoms with Crippen molar-refractivity contribution in [2.24, 2.45) is 0 Å². The first-order valence-corrected chi connectivity index (χ1v) is 7.69. The van der Waals surface area contributed by atoms with Crippen molar-refractivity contribution in [3.05, 3.63) is 71.5 Å². The van der Waals surface area contributed by atoms with Gasteiger partial charge in [0.05, 0.1) is 11.5 Å². The molecule has 0 aliphatic carbocycles. The molecule has 2 aromatic carbocycles. The van der Waals surface area contributed by atoms with Gasteiger partial charge in [0.1, 0.15) is 5.82 Å². The van der Waals surface area contributed by atoms with Crippen LogP contribution in [0.3, 0.4) is 0 Å². The van der Waals surface area contributed by atoms with Gasteiger partial charge in [-0.15, -0.1) is 0 Å². The molecule has 4 heteroatoms. The van der Waals surface area contributed by atoms with Crippen molar-refractivity contribution in [3.8, 4) is 0 Å². The molecule has 0 spiro atoms. The lowest BCUT2D eigenvalue weighted by atomic mass is 9.83. The van der Waals surface area contributed by atoms with Crippen LogP contribution in [0.5, 0.6) is 0 Å². The van der Waals surface area contributed by atoms with E-state index in [0.29, 0.717) is 18.5 Å². The maximum atomic E-state index is 13.9. The Balaban J connectivity index is 1.93. The Morgan fingerprint density at radius 3 is 2.39 bits per heavy atom. The van der Waals surface area contributed by atoms with Crippen molar-refractivity contribution in [1.82, 2.24) is 5.32 Å². The molecule has 0 aliphatic heterocycles. The molecule has 2 rings (SSSR count). The third-order valence-corrected chi connectivity index (χ3v) is 4.00.